The van der Waals surface area contributed by atoms with Gasteiger partial charge in [-0.1, -0.05) is 13.8 Å². The third-order valence-corrected chi connectivity index (χ3v) is 3.54. The monoisotopic (exact) mass is 333 g/mol. The lowest BCUT2D eigenvalue weighted by Gasteiger charge is -2.24. The van der Waals surface area contributed by atoms with E-state index in [1.165, 1.54) is 0 Å². The highest BCUT2D eigenvalue weighted by Gasteiger charge is 2.25. The van der Waals surface area contributed by atoms with E-state index in [2.05, 4.69) is 13.8 Å². The van der Waals surface area contributed by atoms with E-state index in [4.69, 9.17) is 19.9 Å². The van der Waals surface area contributed by atoms with Gasteiger partial charge in [0.1, 0.15) is 17.2 Å². The van der Waals surface area contributed by atoms with E-state index in [-0.39, 0.29) is 12.4 Å². The Morgan fingerprint density at radius 3 is 1.86 bits per heavy atom. The van der Waals surface area contributed by atoms with Crippen molar-refractivity contribution in [2.75, 3.05) is 21.3 Å². The summed E-state index contributed by atoms with van der Waals surface area (Å²) in [7, 11) is 4.70. The van der Waals surface area contributed by atoms with Crippen molar-refractivity contribution >= 4 is 12.4 Å². The highest BCUT2D eigenvalue weighted by Crippen LogP contribution is 2.39. The number of benzene rings is 1. The topological polar surface area (TPSA) is 73.9 Å². The van der Waals surface area contributed by atoms with Crippen molar-refractivity contribution in [2.45, 2.75) is 38.8 Å². The summed E-state index contributed by atoms with van der Waals surface area (Å²) in [5, 5.41) is 10.3. The number of hydrogen-bond donors (Lipinski definition) is 2. The lowest BCUT2D eigenvalue weighted by atomic mass is 9.94. The summed E-state index contributed by atoms with van der Waals surface area (Å²) in [6.07, 6.45) is 0.899. The van der Waals surface area contributed by atoms with Crippen LogP contribution in [0.15, 0.2) is 12.1 Å². The third-order valence-electron chi connectivity index (χ3n) is 3.54. The Morgan fingerprint density at radius 1 is 1.00 bits per heavy atom. The second kappa shape index (κ2) is 9.77. The van der Waals surface area contributed by atoms with Crippen LogP contribution in [0.5, 0.6) is 17.2 Å². The molecule has 22 heavy (non-hydrogen) atoms. The number of ether oxygens (including phenoxy) is 3. The van der Waals surface area contributed by atoms with E-state index < -0.39 is 12.1 Å². The molecule has 1 rings (SSSR count). The molecule has 5 nitrogen and oxygen atoms in total. The number of aliphatic hydroxyl groups excluding tert-OH is 1. The van der Waals surface area contributed by atoms with Gasteiger partial charge in [0.2, 0.25) is 0 Å². The third kappa shape index (κ3) is 5.23. The van der Waals surface area contributed by atoms with Gasteiger partial charge in [-0.25, -0.2) is 0 Å². The first-order valence-electron chi connectivity index (χ1n) is 7.18. The van der Waals surface area contributed by atoms with Gasteiger partial charge in [0.15, 0.2) is 0 Å². The Hall–Kier alpha value is -1.17. The molecule has 0 radical (unpaired) electrons. The van der Waals surface area contributed by atoms with Crippen molar-refractivity contribution in [1.82, 2.24) is 0 Å². The Labute approximate surface area is 139 Å². The van der Waals surface area contributed by atoms with Crippen LogP contribution in [0.2, 0.25) is 0 Å². The normalized spacial score (nSPS) is 13.3. The fourth-order valence-corrected chi connectivity index (χ4v) is 2.24. The zero-order chi connectivity index (χ0) is 16.0. The number of aliphatic hydroxyl groups is 1. The summed E-state index contributed by atoms with van der Waals surface area (Å²) < 4.78 is 16.0. The molecular weight excluding hydrogens is 306 g/mol. The Bertz CT molecular complexity index is 429. The van der Waals surface area contributed by atoms with Crippen LogP contribution in [0, 0.1) is 5.92 Å². The highest BCUT2D eigenvalue weighted by atomic mass is 35.5. The molecule has 0 aliphatic rings. The van der Waals surface area contributed by atoms with Crippen LogP contribution in [0.25, 0.3) is 0 Å². The molecule has 3 N–H and O–H groups in total. The van der Waals surface area contributed by atoms with E-state index >= 15 is 0 Å². The lowest BCUT2D eigenvalue weighted by Crippen LogP contribution is -2.27. The van der Waals surface area contributed by atoms with Crippen molar-refractivity contribution in [3.8, 4) is 17.2 Å². The van der Waals surface area contributed by atoms with Gasteiger partial charge in [-0.05, 0) is 18.8 Å². The van der Waals surface area contributed by atoms with E-state index in [1.54, 1.807) is 33.5 Å². The molecule has 2 atom stereocenters. The number of hydrogen-bond acceptors (Lipinski definition) is 5. The van der Waals surface area contributed by atoms with Gasteiger partial charge in [0, 0.05) is 12.1 Å². The summed E-state index contributed by atoms with van der Waals surface area (Å²) in [5.41, 5.74) is 6.88. The maximum atomic E-state index is 10.3. The van der Waals surface area contributed by atoms with Crippen LogP contribution in [-0.4, -0.2) is 32.5 Å². The second-order valence-electron chi connectivity index (χ2n) is 5.51. The Morgan fingerprint density at radius 2 is 1.50 bits per heavy atom. The molecule has 0 amide bonds. The average molecular weight is 334 g/mol. The minimum atomic E-state index is -0.649. The van der Waals surface area contributed by atoms with E-state index in [0.717, 1.165) is 6.42 Å². The maximum Gasteiger partial charge on any atom is 0.131 e. The molecule has 0 aromatic heterocycles. The first kappa shape index (κ1) is 20.8. The fraction of sp³-hybridized carbons (Fsp3) is 0.625. The molecular formula is C16H28ClNO4. The minimum Gasteiger partial charge on any atom is -0.496 e. The van der Waals surface area contributed by atoms with Gasteiger partial charge in [-0.15, -0.1) is 12.4 Å². The molecule has 0 aliphatic carbocycles. The van der Waals surface area contributed by atoms with Gasteiger partial charge < -0.3 is 25.1 Å². The van der Waals surface area contributed by atoms with Gasteiger partial charge in [-0.2, -0.15) is 0 Å². The molecule has 0 unspecified atom stereocenters. The summed E-state index contributed by atoms with van der Waals surface area (Å²) in [6.45, 7) is 4.24. The lowest BCUT2D eigenvalue weighted by molar-refractivity contribution is 0.125. The van der Waals surface area contributed by atoms with Crippen molar-refractivity contribution in [3.63, 3.8) is 0 Å². The van der Waals surface area contributed by atoms with E-state index in [0.29, 0.717) is 35.2 Å². The molecule has 1 aromatic carbocycles. The number of halogens is 1. The fourth-order valence-electron chi connectivity index (χ4n) is 2.24. The van der Waals surface area contributed by atoms with Gasteiger partial charge >= 0.3 is 0 Å². The minimum absolute atomic E-state index is 0. The van der Waals surface area contributed by atoms with Gasteiger partial charge in [0.25, 0.3) is 0 Å². The van der Waals surface area contributed by atoms with Crippen LogP contribution in [-0.2, 0) is 0 Å². The van der Waals surface area contributed by atoms with Crippen molar-refractivity contribution < 1.29 is 19.3 Å². The highest BCUT2D eigenvalue weighted by molar-refractivity contribution is 5.85. The second-order valence-corrected chi connectivity index (χ2v) is 5.51. The molecule has 0 saturated carbocycles. The van der Waals surface area contributed by atoms with Crippen LogP contribution in [0.3, 0.4) is 0 Å². The maximum absolute atomic E-state index is 10.3. The molecule has 0 heterocycles. The standard InChI is InChI=1S/C16H27NO4.ClH/c1-10(2)6-7-12(18)16(17)15-13(20-4)8-11(19-3)9-14(15)21-5;/h8-10,12,16,18H,6-7,17H2,1-5H3;1H/t12-,16-;/m0./s1. The molecule has 0 fully saturated rings. The van der Waals surface area contributed by atoms with Crippen molar-refractivity contribution in [2.24, 2.45) is 11.7 Å². The van der Waals surface area contributed by atoms with Crippen LogP contribution < -0.4 is 19.9 Å². The van der Waals surface area contributed by atoms with Crippen LogP contribution in [0.1, 0.15) is 38.3 Å². The zero-order valence-corrected chi connectivity index (χ0v) is 14.8. The first-order chi connectivity index (χ1) is 9.94. The molecule has 6 heteroatoms. The van der Waals surface area contributed by atoms with Crippen LogP contribution in [0.4, 0.5) is 0 Å². The average Bonchev–Trinajstić information content (AvgIpc) is 2.50. The summed E-state index contributed by atoms with van der Waals surface area (Å²) in [5.74, 6) is 2.26. The van der Waals surface area contributed by atoms with E-state index in [9.17, 15) is 5.11 Å². The molecule has 0 spiro atoms. The van der Waals surface area contributed by atoms with Crippen LogP contribution >= 0.6 is 12.4 Å². The summed E-state index contributed by atoms with van der Waals surface area (Å²) in [6, 6.07) is 2.92. The summed E-state index contributed by atoms with van der Waals surface area (Å²) >= 11 is 0. The predicted molar refractivity (Wildman–Crippen MR) is 90.4 cm³/mol. The molecule has 1 aromatic rings. The molecule has 128 valence electrons. The Balaban J connectivity index is 0.00000441. The predicted octanol–water partition coefficient (Wildman–Crippen LogP) is 2.93. The van der Waals surface area contributed by atoms with Gasteiger partial charge in [-0.3, -0.25) is 0 Å². The number of rotatable bonds is 8. The zero-order valence-electron chi connectivity index (χ0n) is 14.0. The molecule has 0 aliphatic heterocycles. The number of nitrogens with two attached hydrogens (primary N) is 1. The Kier molecular flexibility index (Phi) is 9.25. The largest absolute Gasteiger partial charge is 0.496 e. The van der Waals surface area contributed by atoms with Gasteiger partial charge in [0.05, 0.1) is 39.0 Å². The van der Waals surface area contributed by atoms with E-state index in [1.807, 2.05) is 0 Å². The summed E-state index contributed by atoms with van der Waals surface area (Å²) in [4.78, 5) is 0. The molecule has 0 saturated heterocycles. The van der Waals surface area contributed by atoms with Crippen molar-refractivity contribution in [3.05, 3.63) is 17.7 Å². The smallest absolute Gasteiger partial charge is 0.131 e. The first-order valence-corrected chi connectivity index (χ1v) is 7.18. The van der Waals surface area contributed by atoms with Crippen molar-refractivity contribution in [1.29, 1.82) is 0 Å². The quantitative estimate of drug-likeness (QED) is 0.765. The SMILES string of the molecule is COc1cc(OC)c([C@@H](N)[C@@H](O)CCC(C)C)c(OC)c1.Cl. The number of methoxy groups -OCH3 is 3. The molecule has 0 bridgehead atoms.